The summed E-state index contributed by atoms with van der Waals surface area (Å²) < 4.78 is 39.2. The van der Waals surface area contributed by atoms with E-state index in [9.17, 15) is 18.0 Å². The zero-order valence-corrected chi connectivity index (χ0v) is 12.1. The molecule has 2 N–H and O–H groups in total. The molecule has 0 saturated heterocycles. The number of urea groups is 1. The highest BCUT2D eigenvalue weighted by Gasteiger charge is 2.14. The summed E-state index contributed by atoms with van der Waals surface area (Å²) in [6.45, 7) is 0.290. The van der Waals surface area contributed by atoms with E-state index in [1.165, 1.54) is 0 Å². The van der Waals surface area contributed by atoms with Crippen molar-refractivity contribution < 1.29 is 18.0 Å². The summed E-state index contributed by atoms with van der Waals surface area (Å²) in [5.74, 6) is -4.38. The van der Waals surface area contributed by atoms with Gasteiger partial charge in [0.2, 0.25) is 0 Å². The lowest BCUT2D eigenvalue weighted by Crippen LogP contribution is -2.30. The fraction of sp³-hybridized carbons (Fsp3) is 0.133. The summed E-state index contributed by atoms with van der Waals surface area (Å²) in [5, 5.41) is 5.22. The minimum atomic E-state index is -1.63. The van der Waals surface area contributed by atoms with Crippen molar-refractivity contribution in [2.24, 2.45) is 0 Å². The highest BCUT2D eigenvalue weighted by Crippen LogP contribution is 2.19. The molecule has 2 amide bonds. The Hall–Kier alpha value is -2.21. The molecule has 0 fully saturated rings. The Bertz CT molecular complexity index is 677. The maximum absolute atomic E-state index is 13.4. The van der Waals surface area contributed by atoms with Crippen LogP contribution in [0, 0.1) is 17.5 Å². The van der Waals surface area contributed by atoms with Gasteiger partial charge >= 0.3 is 6.03 Å². The molecule has 116 valence electrons. The average Bonchev–Trinajstić information content (AvgIpc) is 2.50. The quantitative estimate of drug-likeness (QED) is 0.814. The lowest BCUT2D eigenvalue weighted by atomic mass is 10.1. The Kier molecular flexibility index (Phi) is 5.27. The van der Waals surface area contributed by atoms with Crippen LogP contribution in [0.4, 0.5) is 23.7 Å². The Morgan fingerprint density at radius 3 is 2.36 bits per heavy atom. The van der Waals surface area contributed by atoms with Crippen molar-refractivity contribution in [2.45, 2.75) is 6.42 Å². The van der Waals surface area contributed by atoms with Gasteiger partial charge in [-0.1, -0.05) is 23.7 Å². The molecular formula is C15H12ClF3N2O. The fourth-order valence-corrected chi connectivity index (χ4v) is 1.89. The smallest absolute Gasteiger partial charge is 0.319 e. The van der Waals surface area contributed by atoms with E-state index in [0.717, 1.165) is 17.7 Å². The first-order valence-electron chi connectivity index (χ1n) is 6.40. The van der Waals surface area contributed by atoms with E-state index < -0.39 is 29.2 Å². The van der Waals surface area contributed by atoms with Crippen molar-refractivity contribution in [1.29, 1.82) is 0 Å². The maximum Gasteiger partial charge on any atom is 0.319 e. The minimum Gasteiger partial charge on any atom is -0.338 e. The average molecular weight is 329 g/mol. The second-order valence-electron chi connectivity index (χ2n) is 4.48. The van der Waals surface area contributed by atoms with Crippen LogP contribution in [-0.2, 0) is 6.42 Å². The molecule has 22 heavy (non-hydrogen) atoms. The van der Waals surface area contributed by atoms with E-state index >= 15 is 0 Å². The Balaban J connectivity index is 1.86. The second-order valence-corrected chi connectivity index (χ2v) is 4.92. The molecular weight excluding hydrogens is 317 g/mol. The van der Waals surface area contributed by atoms with Gasteiger partial charge in [-0.15, -0.1) is 0 Å². The van der Waals surface area contributed by atoms with Gasteiger partial charge in [0.1, 0.15) is 0 Å². The molecule has 7 heteroatoms. The van der Waals surface area contributed by atoms with Crippen molar-refractivity contribution in [2.75, 3.05) is 11.9 Å². The normalized spacial score (nSPS) is 10.4. The number of hydrogen-bond donors (Lipinski definition) is 2. The van der Waals surface area contributed by atoms with Crippen molar-refractivity contribution in [3.8, 4) is 0 Å². The van der Waals surface area contributed by atoms with Gasteiger partial charge in [-0.05, 0) is 36.2 Å². The Morgan fingerprint density at radius 1 is 1.00 bits per heavy atom. The summed E-state index contributed by atoms with van der Waals surface area (Å²) in [6, 6.07) is 8.07. The lowest BCUT2D eigenvalue weighted by Gasteiger charge is -2.09. The van der Waals surface area contributed by atoms with E-state index in [1.54, 1.807) is 12.1 Å². The third-order valence-electron chi connectivity index (χ3n) is 2.90. The van der Waals surface area contributed by atoms with Crippen LogP contribution in [0.3, 0.4) is 0 Å². The van der Waals surface area contributed by atoms with Crippen molar-refractivity contribution >= 4 is 23.3 Å². The summed E-state index contributed by atoms with van der Waals surface area (Å²) in [6.07, 6.45) is 0.546. The highest BCUT2D eigenvalue weighted by atomic mass is 35.5. The van der Waals surface area contributed by atoms with Crippen molar-refractivity contribution in [1.82, 2.24) is 5.32 Å². The van der Waals surface area contributed by atoms with Crippen LogP contribution in [0.5, 0.6) is 0 Å². The van der Waals surface area contributed by atoms with Gasteiger partial charge in [0.05, 0.1) is 5.69 Å². The molecule has 2 rings (SSSR count). The van der Waals surface area contributed by atoms with Gasteiger partial charge in [0.25, 0.3) is 0 Å². The molecule has 0 heterocycles. The van der Waals surface area contributed by atoms with Crippen molar-refractivity contribution in [3.63, 3.8) is 0 Å². The molecule has 0 aliphatic rings. The molecule has 0 bridgehead atoms. The molecule has 0 aliphatic carbocycles. The van der Waals surface area contributed by atoms with Crippen LogP contribution < -0.4 is 10.6 Å². The zero-order chi connectivity index (χ0) is 16.1. The van der Waals surface area contributed by atoms with Gasteiger partial charge in [-0.25, -0.2) is 18.0 Å². The van der Waals surface area contributed by atoms with Gasteiger partial charge in [0.15, 0.2) is 17.5 Å². The summed E-state index contributed by atoms with van der Waals surface area (Å²) in [4.78, 5) is 11.6. The first-order valence-corrected chi connectivity index (χ1v) is 6.78. The summed E-state index contributed by atoms with van der Waals surface area (Å²) >= 11 is 5.75. The molecule has 0 radical (unpaired) electrons. The zero-order valence-electron chi connectivity index (χ0n) is 11.3. The number of amides is 2. The van der Waals surface area contributed by atoms with Gasteiger partial charge in [-0.3, -0.25) is 0 Å². The van der Waals surface area contributed by atoms with E-state index in [1.807, 2.05) is 12.1 Å². The standard InChI is InChI=1S/C15H12ClF3N2O/c16-10-3-1-9(2-4-10)7-8-20-15(22)21-12-6-5-11(17)13(18)14(12)19/h1-6H,7-8H2,(H2,20,21,22). The van der Waals surface area contributed by atoms with Crippen LogP contribution in [0.15, 0.2) is 36.4 Å². The van der Waals surface area contributed by atoms with E-state index in [-0.39, 0.29) is 0 Å². The predicted octanol–water partition coefficient (Wildman–Crippen LogP) is 4.12. The van der Waals surface area contributed by atoms with Crippen molar-refractivity contribution in [3.05, 3.63) is 64.4 Å². The molecule has 0 unspecified atom stereocenters. The molecule has 0 aromatic heterocycles. The molecule has 2 aromatic carbocycles. The fourth-order valence-electron chi connectivity index (χ4n) is 1.76. The molecule has 2 aromatic rings. The largest absolute Gasteiger partial charge is 0.338 e. The van der Waals surface area contributed by atoms with E-state index in [2.05, 4.69) is 10.6 Å². The Morgan fingerprint density at radius 2 is 1.68 bits per heavy atom. The first kappa shape index (κ1) is 16.2. The van der Waals surface area contributed by atoms with Crippen LogP contribution >= 0.6 is 11.6 Å². The molecule has 0 aliphatic heterocycles. The minimum absolute atomic E-state index is 0.290. The van der Waals surface area contributed by atoms with Crippen LogP contribution in [0.25, 0.3) is 0 Å². The number of carbonyl (C=O) groups is 1. The number of benzene rings is 2. The second kappa shape index (κ2) is 7.17. The van der Waals surface area contributed by atoms with Gasteiger partial charge in [-0.2, -0.15) is 0 Å². The number of anilines is 1. The van der Waals surface area contributed by atoms with Gasteiger partial charge in [0, 0.05) is 11.6 Å². The third-order valence-corrected chi connectivity index (χ3v) is 3.15. The predicted molar refractivity (Wildman–Crippen MR) is 78.5 cm³/mol. The number of halogens is 4. The molecule has 0 spiro atoms. The topological polar surface area (TPSA) is 41.1 Å². The molecule has 0 saturated carbocycles. The monoisotopic (exact) mass is 328 g/mol. The van der Waals surface area contributed by atoms with E-state index in [4.69, 9.17) is 11.6 Å². The lowest BCUT2D eigenvalue weighted by molar-refractivity contribution is 0.252. The van der Waals surface area contributed by atoms with Crippen LogP contribution in [-0.4, -0.2) is 12.6 Å². The number of carbonyl (C=O) groups excluding carboxylic acids is 1. The number of hydrogen-bond acceptors (Lipinski definition) is 1. The van der Waals surface area contributed by atoms with Gasteiger partial charge < -0.3 is 10.6 Å². The first-order chi connectivity index (χ1) is 10.5. The number of nitrogens with one attached hydrogen (secondary N) is 2. The van der Waals surface area contributed by atoms with Crippen LogP contribution in [0.2, 0.25) is 5.02 Å². The summed E-state index contributed by atoms with van der Waals surface area (Å²) in [7, 11) is 0. The van der Waals surface area contributed by atoms with E-state index in [0.29, 0.717) is 18.0 Å². The number of rotatable bonds is 4. The molecule has 0 atom stereocenters. The summed E-state index contributed by atoms with van der Waals surface area (Å²) in [5.41, 5.74) is 0.534. The van der Waals surface area contributed by atoms with Crippen LogP contribution in [0.1, 0.15) is 5.56 Å². The molecule has 3 nitrogen and oxygen atoms in total. The third kappa shape index (κ3) is 4.14. The SMILES string of the molecule is O=C(NCCc1ccc(Cl)cc1)Nc1ccc(F)c(F)c1F. The Labute approximate surface area is 130 Å². The maximum atomic E-state index is 13.4. The highest BCUT2D eigenvalue weighted by molar-refractivity contribution is 6.30.